The molecule has 2 rings (SSSR count). The van der Waals surface area contributed by atoms with E-state index in [0.29, 0.717) is 6.42 Å². The van der Waals surface area contributed by atoms with Crippen molar-refractivity contribution in [2.24, 2.45) is 0 Å². The van der Waals surface area contributed by atoms with Gasteiger partial charge in [0, 0.05) is 28.6 Å². The summed E-state index contributed by atoms with van der Waals surface area (Å²) in [5, 5.41) is 1.09. The van der Waals surface area contributed by atoms with E-state index in [0.717, 1.165) is 16.6 Å². The topological polar surface area (TPSA) is 47.0 Å². The van der Waals surface area contributed by atoms with Gasteiger partial charge >= 0.3 is 0 Å². The van der Waals surface area contributed by atoms with E-state index in [-0.39, 0.29) is 10.6 Å². The lowest BCUT2D eigenvalue weighted by molar-refractivity contribution is 0.600. The smallest absolute Gasteiger partial charge is 0.148 e. The highest BCUT2D eigenvalue weighted by Crippen LogP contribution is 2.15. The van der Waals surface area contributed by atoms with Crippen molar-refractivity contribution < 1.29 is 8.42 Å². The Kier molecular flexibility index (Phi) is 4.02. The standard InChI is InChI=1S/C13H14BrNO2S/c1-18(16,17)9-11(14)8-12-7-6-10-4-2-3-5-13(10)15-12/h2-7,11H,8-9H2,1H3. The Morgan fingerprint density at radius 2 is 1.94 bits per heavy atom. The van der Waals surface area contributed by atoms with Gasteiger partial charge in [0.2, 0.25) is 0 Å². The first-order valence-electron chi connectivity index (χ1n) is 5.60. The molecule has 18 heavy (non-hydrogen) atoms. The van der Waals surface area contributed by atoms with Gasteiger partial charge in [0.25, 0.3) is 0 Å². The highest BCUT2D eigenvalue weighted by molar-refractivity contribution is 9.09. The summed E-state index contributed by atoms with van der Waals surface area (Å²) in [5.74, 6) is 0.126. The van der Waals surface area contributed by atoms with Crippen LogP contribution in [0.3, 0.4) is 0 Å². The fourth-order valence-corrected chi connectivity index (χ4v) is 4.38. The number of pyridine rings is 1. The Labute approximate surface area is 115 Å². The van der Waals surface area contributed by atoms with Crippen LogP contribution >= 0.6 is 15.9 Å². The van der Waals surface area contributed by atoms with Gasteiger partial charge in [-0.15, -0.1) is 0 Å². The van der Waals surface area contributed by atoms with Gasteiger partial charge in [-0.1, -0.05) is 40.2 Å². The van der Waals surface area contributed by atoms with Crippen LogP contribution in [-0.2, 0) is 16.3 Å². The largest absolute Gasteiger partial charge is 0.253 e. The maximum Gasteiger partial charge on any atom is 0.148 e. The van der Waals surface area contributed by atoms with Gasteiger partial charge in [-0.25, -0.2) is 8.42 Å². The summed E-state index contributed by atoms with van der Waals surface area (Å²) in [4.78, 5) is 4.42. The molecule has 1 atom stereocenters. The minimum absolute atomic E-state index is 0.0961. The van der Waals surface area contributed by atoms with Crippen molar-refractivity contribution in [3.63, 3.8) is 0 Å². The van der Waals surface area contributed by atoms with Gasteiger partial charge in [0.1, 0.15) is 9.84 Å². The number of benzene rings is 1. The molecule has 0 radical (unpaired) electrons. The number of para-hydroxylation sites is 1. The summed E-state index contributed by atoms with van der Waals surface area (Å²) >= 11 is 3.40. The summed E-state index contributed by atoms with van der Waals surface area (Å²) in [7, 11) is -2.96. The molecule has 1 heterocycles. The molecule has 0 saturated carbocycles. The van der Waals surface area contributed by atoms with Crippen molar-refractivity contribution in [1.82, 2.24) is 4.98 Å². The summed E-state index contributed by atoms with van der Waals surface area (Å²) in [6.07, 6.45) is 1.85. The molecule has 2 aromatic rings. The second kappa shape index (κ2) is 5.36. The molecule has 5 heteroatoms. The number of hydrogen-bond donors (Lipinski definition) is 0. The molecule has 96 valence electrons. The quantitative estimate of drug-likeness (QED) is 0.811. The SMILES string of the molecule is CS(=O)(=O)CC(Br)Cc1ccc2ccccc2n1. The minimum atomic E-state index is -2.96. The second-order valence-corrected chi connectivity index (χ2v) is 7.87. The number of sulfone groups is 1. The van der Waals surface area contributed by atoms with E-state index in [9.17, 15) is 8.42 Å². The predicted molar refractivity (Wildman–Crippen MR) is 77.9 cm³/mol. The third-order valence-corrected chi connectivity index (χ3v) is 4.65. The maximum atomic E-state index is 11.2. The lowest BCUT2D eigenvalue weighted by Crippen LogP contribution is -2.17. The molecule has 0 saturated heterocycles. The van der Waals surface area contributed by atoms with Crippen molar-refractivity contribution in [2.45, 2.75) is 11.2 Å². The van der Waals surface area contributed by atoms with Crippen LogP contribution in [0.5, 0.6) is 0 Å². The molecule has 0 bridgehead atoms. The van der Waals surface area contributed by atoms with Gasteiger partial charge in [0.05, 0.1) is 11.3 Å². The minimum Gasteiger partial charge on any atom is -0.253 e. The number of fused-ring (bicyclic) bond motifs is 1. The normalized spacial score (nSPS) is 13.7. The highest BCUT2D eigenvalue weighted by atomic mass is 79.9. The lowest BCUT2D eigenvalue weighted by atomic mass is 10.1. The molecule has 0 fully saturated rings. The van der Waals surface area contributed by atoms with Crippen LogP contribution in [0, 0.1) is 0 Å². The zero-order valence-electron chi connectivity index (χ0n) is 10.0. The Morgan fingerprint density at radius 1 is 1.22 bits per heavy atom. The van der Waals surface area contributed by atoms with E-state index in [1.165, 1.54) is 6.26 Å². The molecule has 0 aliphatic rings. The van der Waals surface area contributed by atoms with E-state index in [1.807, 2.05) is 36.4 Å². The molecule has 1 aromatic carbocycles. The predicted octanol–water partition coefficient (Wildman–Crippen LogP) is 2.59. The van der Waals surface area contributed by atoms with Crippen molar-refractivity contribution in [3.05, 3.63) is 42.1 Å². The van der Waals surface area contributed by atoms with E-state index >= 15 is 0 Å². The van der Waals surface area contributed by atoms with Gasteiger partial charge in [0.15, 0.2) is 0 Å². The summed E-state index contributed by atoms with van der Waals surface area (Å²) in [6.45, 7) is 0. The number of rotatable bonds is 4. The average molecular weight is 328 g/mol. The van der Waals surface area contributed by atoms with Crippen LogP contribution in [0.4, 0.5) is 0 Å². The van der Waals surface area contributed by atoms with Gasteiger partial charge in [-0.2, -0.15) is 0 Å². The molecule has 0 aliphatic carbocycles. The Hall–Kier alpha value is -0.940. The van der Waals surface area contributed by atoms with Crippen LogP contribution in [-0.4, -0.2) is 30.2 Å². The first-order chi connectivity index (χ1) is 8.44. The number of alkyl halides is 1. The van der Waals surface area contributed by atoms with E-state index in [4.69, 9.17) is 0 Å². The molecule has 0 amide bonds. The average Bonchev–Trinajstić information content (AvgIpc) is 2.26. The molecule has 3 nitrogen and oxygen atoms in total. The first kappa shape index (κ1) is 13.5. The Morgan fingerprint density at radius 3 is 2.67 bits per heavy atom. The molecule has 0 N–H and O–H groups in total. The number of hydrogen-bond acceptors (Lipinski definition) is 3. The monoisotopic (exact) mass is 327 g/mol. The van der Waals surface area contributed by atoms with Gasteiger partial charge in [-0.05, 0) is 12.1 Å². The zero-order chi connectivity index (χ0) is 13.2. The van der Waals surface area contributed by atoms with Crippen LogP contribution in [0.25, 0.3) is 10.9 Å². The lowest BCUT2D eigenvalue weighted by Gasteiger charge is -2.08. The highest BCUT2D eigenvalue weighted by Gasteiger charge is 2.13. The van der Waals surface area contributed by atoms with Crippen molar-refractivity contribution >= 4 is 36.7 Å². The fourth-order valence-electron chi connectivity index (χ4n) is 1.84. The third kappa shape index (κ3) is 3.78. The van der Waals surface area contributed by atoms with E-state index < -0.39 is 9.84 Å². The first-order valence-corrected chi connectivity index (χ1v) is 8.58. The summed E-state index contributed by atoms with van der Waals surface area (Å²) < 4.78 is 22.4. The van der Waals surface area contributed by atoms with E-state index in [1.54, 1.807) is 0 Å². The molecular weight excluding hydrogens is 314 g/mol. The number of aromatic nitrogens is 1. The molecule has 1 unspecified atom stereocenters. The van der Waals surface area contributed by atoms with Gasteiger partial charge < -0.3 is 0 Å². The second-order valence-electron chi connectivity index (χ2n) is 4.39. The Balaban J connectivity index is 2.17. The number of halogens is 1. The third-order valence-electron chi connectivity index (χ3n) is 2.57. The summed E-state index contributed by atoms with van der Waals surface area (Å²) in [6, 6.07) is 11.8. The number of nitrogens with zero attached hydrogens (tertiary/aromatic N) is 1. The fraction of sp³-hybridized carbons (Fsp3) is 0.308. The van der Waals surface area contributed by atoms with Crippen LogP contribution in [0.15, 0.2) is 36.4 Å². The van der Waals surface area contributed by atoms with Crippen LogP contribution < -0.4 is 0 Å². The van der Waals surface area contributed by atoms with Gasteiger partial charge in [-0.3, -0.25) is 4.98 Å². The van der Waals surface area contributed by atoms with Crippen LogP contribution in [0.1, 0.15) is 5.69 Å². The maximum absolute atomic E-state index is 11.2. The molecule has 0 spiro atoms. The zero-order valence-corrected chi connectivity index (χ0v) is 12.4. The van der Waals surface area contributed by atoms with Crippen LogP contribution in [0.2, 0.25) is 0 Å². The summed E-state index contributed by atoms with van der Waals surface area (Å²) in [5.41, 5.74) is 1.84. The molecule has 0 aliphatic heterocycles. The molecule has 1 aromatic heterocycles. The molecular formula is C13H14BrNO2S. The van der Waals surface area contributed by atoms with Crippen molar-refractivity contribution in [2.75, 3.05) is 12.0 Å². The van der Waals surface area contributed by atoms with Crippen molar-refractivity contribution in [3.8, 4) is 0 Å². The van der Waals surface area contributed by atoms with Crippen molar-refractivity contribution in [1.29, 1.82) is 0 Å². The Bertz CT molecular complexity index is 655. The van der Waals surface area contributed by atoms with E-state index in [2.05, 4.69) is 20.9 Å².